The van der Waals surface area contributed by atoms with Crippen LogP contribution in [0.5, 0.6) is 0 Å². The summed E-state index contributed by atoms with van der Waals surface area (Å²) in [6.07, 6.45) is 18.2. The Kier molecular flexibility index (Phi) is 14.1. The van der Waals surface area contributed by atoms with Gasteiger partial charge in [0.05, 0.1) is 0 Å². The quantitative estimate of drug-likeness (QED) is 0.280. The summed E-state index contributed by atoms with van der Waals surface area (Å²) in [7, 11) is -4.43. The largest absolute Gasteiger partial charge is 0.533 e. The third-order valence-corrected chi connectivity index (χ3v) is 3.72. The zero-order valence-corrected chi connectivity index (χ0v) is 14.2. The Bertz CT molecular complexity index is 327. The second kappa shape index (κ2) is 14.4. The highest BCUT2D eigenvalue weighted by molar-refractivity contribution is 7.46. The molecule has 0 aliphatic heterocycles. The van der Waals surface area contributed by atoms with E-state index in [9.17, 15) is 4.57 Å². The van der Waals surface area contributed by atoms with Crippen molar-refractivity contribution in [2.24, 2.45) is 0 Å². The molecule has 0 radical (unpaired) electrons. The van der Waals surface area contributed by atoms with E-state index in [4.69, 9.17) is 9.79 Å². The normalized spacial score (nSPS) is 11.0. The van der Waals surface area contributed by atoms with Gasteiger partial charge in [0.25, 0.3) is 0 Å². The van der Waals surface area contributed by atoms with E-state index in [1.54, 1.807) is 0 Å². The lowest BCUT2D eigenvalue weighted by molar-refractivity contribution is 0.269. The van der Waals surface area contributed by atoms with Crippen molar-refractivity contribution in [3.05, 3.63) is 0 Å². The predicted octanol–water partition coefficient (Wildman–Crippen LogP) is 5.15. The van der Waals surface area contributed by atoms with Crippen LogP contribution in [-0.2, 0) is 9.09 Å². The predicted molar refractivity (Wildman–Crippen MR) is 86.6 cm³/mol. The van der Waals surface area contributed by atoms with Crippen LogP contribution >= 0.6 is 7.82 Å². The number of phosphoric acid groups is 1. The van der Waals surface area contributed by atoms with Gasteiger partial charge in [-0.3, -0.25) is 9.79 Å². The summed E-state index contributed by atoms with van der Waals surface area (Å²) in [6, 6.07) is 0. The molecule has 0 spiro atoms. The second-order valence-corrected chi connectivity index (χ2v) is 6.66. The fraction of sp³-hybridized carbons (Fsp3) is 0.875. The third kappa shape index (κ3) is 19.5. The van der Waals surface area contributed by atoms with Gasteiger partial charge in [-0.05, 0) is 6.42 Å². The van der Waals surface area contributed by atoms with Gasteiger partial charge in [-0.25, -0.2) is 4.57 Å². The summed E-state index contributed by atoms with van der Waals surface area (Å²) >= 11 is 0. The molecule has 0 rings (SSSR count). The van der Waals surface area contributed by atoms with Crippen molar-refractivity contribution in [3.8, 4) is 12.0 Å². The van der Waals surface area contributed by atoms with Gasteiger partial charge in [0.2, 0.25) is 0 Å². The van der Waals surface area contributed by atoms with E-state index in [0.717, 1.165) is 12.8 Å². The molecule has 0 aliphatic carbocycles. The topological polar surface area (TPSA) is 66.8 Å². The molecule has 0 atom stereocenters. The van der Waals surface area contributed by atoms with E-state index in [0.29, 0.717) is 6.42 Å². The number of hydrogen-bond acceptors (Lipinski definition) is 2. The van der Waals surface area contributed by atoms with E-state index in [1.807, 2.05) is 0 Å². The van der Waals surface area contributed by atoms with Crippen LogP contribution in [0.25, 0.3) is 0 Å². The van der Waals surface area contributed by atoms with Gasteiger partial charge in [-0.1, -0.05) is 83.5 Å². The van der Waals surface area contributed by atoms with Crippen LogP contribution in [0.1, 0.15) is 90.4 Å². The summed E-state index contributed by atoms with van der Waals surface area (Å²) in [6.45, 7) is 2.25. The molecule has 0 heterocycles. The molecule has 0 unspecified atom stereocenters. The smallest absolute Gasteiger partial charge is 0.350 e. The van der Waals surface area contributed by atoms with Crippen molar-refractivity contribution >= 4 is 7.82 Å². The van der Waals surface area contributed by atoms with Crippen LogP contribution in [0, 0.1) is 12.0 Å². The lowest BCUT2D eigenvalue weighted by Gasteiger charge is -2.01. The SMILES string of the molecule is CCCCCCCCCCCCCCC#COP(=O)(O)O. The van der Waals surface area contributed by atoms with E-state index in [-0.39, 0.29) is 0 Å². The highest BCUT2D eigenvalue weighted by Crippen LogP contribution is 2.34. The molecule has 0 saturated heterocycles. The first-order valence-corrected chi connectivity index (χ1v) is 9.81. The second-order valence-electron chi connectivity index (χ2n) is 5.50. The standard InChI is InChI=1S/C16H31O4P/c1-2-3-4-5-6-7-8-9-10-11-12-13-14-15-16-20-21(17,18)19/h2-14H2,1H3,(H2,17,18,19). The Balaban J connectivity index is 3.14. The number of hydrogen-bond donors (Lipinski definition) is 2. The molecular formula is C16H31O4P. The minimum atomic E-state index is -4.43. The van der Waals surface area contributed by atoms with Crippen LogP contribution in [0.15, 0.2) is 0 Å². The summed E-state index contributed by atoms with van der Waals surface area (Å²) in [5.41, 5.74) is 0. The summed E-state index contributed by atoms with van der Waals surface area (Å²) in [5.74, 6) is 2.61. The van der Waals surface area contributed by atoms with Crippen molar-refractivity contribution < 1.29 is 18.9 Å². The molecule has 0 aromatic heterocycles. The van der Waals surface area contributed by atoms with E-state index < -0.39 is 7.82 Å². The van der Waals surface area contributed by atoms with E-state index in [2.05, 4.69) is 23.5 Å². The maximum Gasteiger partial charge on any atom is 0.533 e. The zero-order valence-electron chi connectivity index (χ0n) is 13.4. The van der Waals surface area contributed by atoms with E-state index in [1.165, 1.54) is 64.2 Å². The Hall–Kier alpha value is -0.490. The van der Waals surface area contributed by atoms with E-state index >= 15 is 0 Å². The van der Waals surface area contributed by atoms with Crippen LogP contribution < -0.4 is 0 Å². The molecule has 0 bridgehead atoms. The molecule has 0 aromatic carbocycles. The molecule has 5 heteroatoms. The Morgan fingerprint density at radius 2 is 1.24 bits per heavy atom. The maximum absolute atomic E-state index is 10.3. The number of phosphoric ester groups is 1. The molecule has 124 valence electrons. The van der Waals surface area contributed by atoms with Gasteiger partial charge in [0, 0.05) is 6.42 Å². The van der Waals surface area contributed by atoms with Gasteiger partial charge in [0.1, 0.15) is 6.11 Å². The molecule has 0 fully saturated rings. The van der Waals surface area contributed by atoms with Crippen LogP contribution in [0.3, 0.4) is 0 Å². The molecule has 0 aliphatic rings. The number of rotatable bonds is 13. The highest BCUT2D eigenvalue weighted by Gasteiger charge is 2.11. The Morgan fingerprint density at radius 1 is 0.810 bits per heavy atom. The molecule has 4 nitrogen and oxygen atoms in total. The van der Waals surface area contributed by atoms with Crippen molar-refractivity contribution in [1.29, 1.82) is 0 Å². The third-order valence-electron chi connectivity index (χ3n) is 3.39. The van der Waals surface area contributed by atoms with Gasteiger partial charge in [-0.2, -0.15) is 0 Å². The fourth-order valence-corrected chi connectivity index (χ4v) is 2.38. The Morgan fingerprint density at radius 3 is 1.67 bits per heavy atom. The van der Waals surface area contributed by atoms with Crippen LogP contribution in [0.4, 0.5) is 0 Å². The zero-order chi connectivity index (χ0) is 15.8. The average Bonchev–Trinajstić information content (AvgIpc) is 2.42. The molecule has 0 amide bonds. The summed E-state index contributed by atoms with van der Waals surface area (Å²) in [4.78, 5) is 16.8. The first-order chi connectivity index (χ1) is 10.1. The highest BCUT2D eigenvalue weighted by atomic mass is 31.2. The lowest BCUT2D eigenvalue weighted by atomic mass is 10.0. The molecular weight excluding hydrogens is 287 g/mol. The van der Waals surface area contributed by atoms with Crippen molar-refractivity contribution in [2.45, 2.75) is 90.4 Å². The van der Waals surface area contributed by atoms with Crippen molar-refractivity contribution in [1.82, 2.24) is 0 Å². The molecule has 21 heavy (non-hydrogen) atoms. The molecule has 0 saturated carbocycles. The monoisotopic (exact) mass is 318 g/mol. The van der Waals surface area contributed by atoms with Gasteiger partial charge < -0.3 is 4.52 Å². The minimum Gasteiger partial charge on any atom is -0.350 e. The molecule has 2 N–H and O–H groups in total. The number of unbranched alkanes of at least 4 members (excludes halogenated alkanes) is 12. The van der Waals surface area contributed by atoms with Crippen LogP contribution in [-0.4, -0.2) is 9.79 Å². The average molecular weight is 318 g/mol. The maximum atomic E-state index is 10.3. The first-order valence-electron chi connectivity index (χ1n) is 8.28. The van der Waals surface area contributed by atoms with Crippen molar-refractivity contribution in [3.63, 3.8) is 0 Å². The van der Waals surface area contributed by atoms with Gasteiger partial charge in [0.15, 0.2) is 0 Å². The van der Waals surface area contributed by atoms with Gasteiger partial charge in [-0.15, -0.1) is 0 Å². The summed E-state index contributed by atoms with van der Waals surface area (Å²) < 4.78 is 14.4. The lowest BCUT2D eigenvalue weighted by Crippen LogP contribution is -1.82. The minimum absolute atomic E-state index is 0.636. The first kappa shape index (κ1) is 20.5. The molecule has 0 aromatic rings. The van der Waals surface area contributed by atoms with Crippen molar-refractivity contribution in [2.75, 3.05) is 0 Å². The van der Waals surface area contributed by atoms with Gasteiger partial charge >= 0.3 is 7.82 Å². The van der Waals surface area contributed by atoms with Crippen LogP contribution in [0.2, 0.25) is 0 Å². The Labute approximate surface area is 129 Å². The fourth-order valence-electron chi connectivity index (χ4n) is 2.20. The summed E-state index contributed by atoms with van der Waals surface area (Å²) in [5, 5.41) is 0.